The van der Waals surface area contributed by atoms with E-state index in [4.69, 9.17) is 9.47 Å². The average molecular weight is 324 g/mol. The van der Waals surface area contributed by atoms with Crippen LogP contribution in [0.15, 0.2) is 54.6 Å². The summed E-state index contributed by atoms with van der Waals surface area (Å²) in [5.41, 5.74) is 1.75. The average Bonchev–Trinajstić information content (AvgIpc) is 3.04. The summed E-state index contributed by atoms with van der Waals surface area (Å²) in [5.74, 6) is -0.293. The van der Waals surface area contributed by atoms with E-state index in [1.165, 1.54) is 0 Å². The van der Waals surface area contributed by atoms with Gasteiger partial charge in [0, 0.05) is 16.6 Å². The predicted octanol–water partition coefficient (Wildman–Crippen LogP) is 2.97. The molecule has 1 aromatic heterocycles. The SMILES string of the molecule is COc1ccc(NC(=O)COC(=O)c2cc3ccccc3[nH]2)cc1. The summed E-state index contributed by atoms with van der Waals surface area (Å²) in [6.07, 6.45) is 0. The largest absolute Gasteiger partial charge is 0.497 e. The van der Waals surface area contributed by atoms with E-state index in [0.29, 0.717) is 17.1 Å². The highest BCUT2D eigenvalue weighted by atomic mass is 16.5. The van der Waals surface area contributed by atoms with E-state index in [2.05, 4.69) is 10.3 Å². The van der Waals surface area contributed by atoms with Crippen LogP contribution in [-0.4, -0.2) is 30.6 Å². The Morgan fingerprint density at radius 2 is 1.83 bits per heavy atom. The Bertz CT molecular complexity index is 835. The number of para-hydroxylation sites is 1. The number of hydrogen-bond donors (Lipinski definition) is 2. The lowest BCUT2D eigenvalue weighted by molar-refractivity contribution is -0.119. The summed E-state index contributed by atoms with van der Waals surface area (Å²) >= 11 is 0. The van der Waals surface area contributed by atoms with Crippen molar-refractivity contribution >= 4 is 28.5 Å². The molecular formula is C18H16N2O4. The van der Waals surface area contributed by atoms with Gasteiger partial charge in [-0.1, -0.05) is 18.2 Å². The van der Waals surface area contributed by atoms with E-state index < -0.39 is 11.9 Å². The summed E-state index contributed by atoms with van der Waals surface area (Å²) in [4.78, 5) is 26.8. The monoisotopic (exact) mass is 324 g/mol. The minimum absolute atomic E-state index is 0.313. The standard InChI is InChI=1S/C18H16N2O4/c1-23-14-8-6-13(7-9-14)19-17(21)11-24-18(22)16-10-12-4-2-3-5-15(12)20-16/h2-10,20H,11H2,1H3,(H,19,21). The number of fused-ring (bicyclic) bond motifs is 1. The van der Waals surface area contributed by atoms with Crippen LogP contribution in [0.2, 0.25) is 0 Å². The zero-order valence-corrected chi connectivity index (χ0v) is 13.0. The van der Waals surface area contributed by atoms with Crippen LogP contribution in [-0.2, 0) is 9.53 Å². The summed E-state index contributed by atoms with van der Waals surface area (Å²) < 4.78 is 10.1. The molecule has 0 aliphatic carbocycles. The minimum atomic E-state index is -0.573. The number of rotatable bonds is 5. The molecule has 1 heterocycles. The fourth-order valence-electron chi connectivity index (χ4n) is 2.26. The molecule has 2 N–H and O–H groups in total. The second-order valence-electron chi connectivity index (χ2n) is 5.12. The predicted molar refractivity (Wildman–Crippen MR) is 90.2 cm³/mol. The number of carbonyl (C=O) groups excluding carboxylic acids is 2. The number of amides is 1. The molecule has 6 nitrogen and oxygen atoms in total. The molecule has 0 radical (unpaired) electrons. The maximum absolute atomic E-state index is 12.0. The molecule has 122 valence electrons. The molecule has 6 heteroatoms. The van der Waals surface area contributed by atoms with Crippen LogP contribution in [0.5, 0.6) is 5.75 Å². The topological polar surface area (TPSA) is 80.4 Å². The van der Waals surface area contributed by atoms with Gasteiger partial charge in [-0.05, 0) is 36.4 Å². The molecule has 1 amide bonds. The number of anilines is 1. The van der Waals surface area contributed by atoms with E-state index in [0.717, 1.165) is 10.9 Å². The van der Waals surface area contributed by atoms with Crippen LogP contribution in [0.1, 0.15) is 10.5 Å². The van der Waals surface area contributed by atoms with Gasteiger partial charge in [0.25, 0.3) is 5.91 Å². The van der Waals surface area contributed by atoms with E-state index >= 15 is 0 Å². The summed E-state index contributed by atoms with van der Waals surface area (Å²) in [7, 11) is 1.57. The Morgan fingerprint density at radius 3 is 2.54 bits per heavy atom. The van der Waals surface area contributed by atoms with Gasteiger partial charge in [-0.15, -0.1) is 0 Å². The van der Waals surface area contributed by atoms with Crippen molar-refractivity contribution < 1.29 is 19.1 Å². The van der Waals surface area contributed by atoms with Crippen molar-refractivity contribution in [1.82, 2.24) is 4.98 Å². The first-order valence-electron chi connectivity index (χ1n) is 7.34. The van der Waals surface area contributed by atoms with Gasteiger partial charge in [0.1, 0.15) is 11.4 Å². The normalized spacial score (nSPS) is 10.4. The molecule has 0 unspecified atom stereocenters. The third kappa shape index (κ3) is 3.55. The van der Waals surface area contributed by atoms with Gasteiger partial charge in [-0.3, -0.25) is 4.79 Å². The number of methoxy groups -OCH3 is 1. The zero-order chi connectivity index (χ0) is 16.9. The van der Waals surface area contributed by atoms with Crippen molar-refractivity contribution in [3.8, 4) is 5.75 Å². The second-order valence-corrected chi connectivity index (χ2v) is 5.12. The van der Waals surface area contributed by atoms with Gasteiger partial charge in [-0.25, -0.2) is 4.79 Å². The molecule has 0 saturated carbocycles. The first-order valence-corrected chi connectivity index (χ1v) is 7.34. The van der Waals surface area contributed by atoms with Crippen molar-refractivity contribution in [1.29, 1.82) is 0 Å². The Morgan fingerprint density at radius 1 is 1.08 bits per heavy atom. The third-order valence-corrected chi connectivity index (χ3v) is 3.46. The molecule has 0 spiro atoms. The Balaban J connectivity index is 1.55. The Hall–Kier alpha value is -3.28. The molecule has 0 aliphatic rings. The summed E-state index contributed by atoms with van der Waals surface area (Å²) in [6, 6.07) is 16.1. The highest BCUT2D eigenvalue weighted by molar-refractivity contribution is 5.97. The van der Waals surface area contributed by atoms with Gasteiger partial charge in [0.2, 0.25) is 0 Å². The van der Waals surface area contributed by atoms with Crippen molar-refractivity contribution in [2.45, 2.75) is 0 Å². The van der Waals surface area contributed by atoms with Crippen molar-refractivity contribution in [2.75, 3.05) is 19.0 Å². The highest BCUT2D eigenvalue weighted by Gasteiger charge is 2.13. The maximum atomic E-state index is 12.0. The van der Waals surface area contributed by atoms with Gasteiger partial charge in [-0.2, -0.15) is 0 Å². The van der Waals surface area contributed by atoms with Crippen molar-refractivity contribution in [3.63, 3.8) is 0 Å². The second kappa shape index (κ2) is 6.87. The summed E-state index contributed by atoms with van der Waals surface area (Å²) in [6.45, 7) is -0.361. The molecule has 3 aromatic rings. The molecule has 0 fully saturated rings. The number of carbonyl (C=O) groups is 2. The molecule has 0 atom stereocenters. The number of benzene rings is 2. The Kier molecular flexibility index (Phi) is 4.47. The highest BCUT2D eigenvalue weighted by Crippen LogP contribution is 2.16. The first-order chi connectivity index (χ1) is 11.7. The first kappa shape index (κ1) is 15.6. The van der Waals surface area contributed by atoms with Gasteiger partial charge in [0.05, 0.1) is 7.11 Å². The number of esters is 1. The van der Waals surface area contributed by atoms with Crippen LogP contribution in [0.4, 0.5) is 5.69 Å². The number of hydrogen-bond acceptors (Lipinski definition) is 4. The van der Waals surface area contributed by atoms with Crippen LogP contribution in [0.3, 0.4) is 0 Å². The summed E-state index contributed by atoms with van der Waals surface area (Å²) in [5, 5.41) is 3.55. The zero-order valence-electron chi connectivity index (χ0n) is 13.0. The lowest BCUT2D eigenvalue weighted by Gasteiger charge is -2.06. The van der Waals surface area contributed by atoms with Gasteiger partial charge >= 0.3 is 5.97 Å². The van der Waals surface area contributed by atoms with Crippen LogP contribution in [0, 0.1) is 0 Å². The minimum Gasteiger partial charge on any atom is -0.497 e. The molecular weight excluding hydrogens is 308 g/mol. The number of aromatic nitrogens is 1. The van der Waals surface area contributed by atoms with Crippen molar-refractivity contribution in [2.24, 2.45) is 0 Å². The lowest BCUT2D eigenvalue weighted by Crippen LogP contribution is -2.21. The smallest absolute Gasteiger partial charge is 0.355 e. The van der Waals surface area contributed by atoms with Crippen LogP contribution in [0.25, 0.3) is 10.9 Å². The van der Waals surface area contributed by atoms with E-state index in [9.17, 15) is 9.59 Å². The number of nitrogens with one attached hydrogen (secondary N) is 2. The van der Waals surface area contributed by atoms with E-state index in [1.54, 1.807) is 37.4 Å². The molecule has 0 bridgehead atoms. The third-order valence-electron chi connectivity index (χ3n) is 3.46. The molecule has 3 rings (SSSR count). The van der Waals surface area contributed by atoms with Crippen LogP contribution < -0.4 is 10.1 Å². The molecule has 0 saturated heterocycles. The molecule has 24 heavy (non-hydrogen) atoms. The van der Waals surface area contributed by atoms with E-state index in [-0.39, 0.29) is 6.61 Å². The maximum Gasteiger partial charge on any atom is 0.355 e. The van der Waals surface area contributed by atoms with E-state index in [1.807, 2.05) is 24.3 Å². The molecule has 2 aromatic carbocycles. The number of H-pyrrole nitrogens is 1. The van der Waals surface area contributed by atoms with Crippen molar-refractivity contribution in [3.05, 3.63) is 60.3 Å². The lowest BCUT2D eigenvalue weighted by atomic mass is 10.2. The fourth-order valence-corrected chi connectivity index (χ4v) is 2.26. The van der Waals surface area contributed by atoms with Gasteiger partial charge < -0.3 is 19.8 Å². The molecule has 0 aliphatic heterocycles. The van der Waals surface area contributed by atoms with Crippen LogP contribution >= 0.6 is 0 Å². The number of ether oxygens (including phenoxy) is 2. The van der Waals surface area contributed by atoms with Gasteiger partial charge in [0.15, 0.2) is 6.61 Å². The fraction of sp³-hybridized carbons (Fsp3) is 0.111. The Labute approximate surface area is 138 Å². The quantitative estimate of drug-likeness (QED) is 0.707. The number of aromatic amines is 1.